The molecular weight excluding hydrogens is 294 g/mol. The molecule has 7 heteroatoms. The predicted octanol–water partition coefficient (Wildman–Crippen LogP) is 1.71. The van der Waals surface area contributed by atoms with Gasteiger partial charge in [-0.25, -0.2) is 4.98 Å². The van der Waals surface area contributed by atoms with E-state index in [0.717, 1.165) is 43.6 Å². The molecular formula is C16H19N5O2. The fourth-order valence-electron chi connectivity index (χ4n) is 3.33. The largest absolute Gasteiger partial charge is 0.368 e. The quantitative estimate of drug-likeness (QED) is 0.932. The fourth-order valence-corrected chi connectivity index (χ4v) is 3.33. The lowest BCUT2D eigenvalue weighted by molar-refractivity contribution is -0.142. The number of H-pyrrole nitrogens is 1. The maximum absolute atomic E-state index is 12.6. The van der Waals surface area contributed by atoms with Gasteiger partial charge in [0.2, 0.25) is 0 Å². The molecule has 2 saturated heterocycles. The second-order valence-corrected chi connectivity index (χ2v) is 5.97. The lowest BCUT2D eigenvalue weighted by atomic mass is 10.1. The van der Waals surface area contributed by atoms with Crippen molar-refractivity contribution in [2.24, 2.45) is 0 Å². The number of hydrogen-bond acceptors (Lipinski definition) is 5. The Morgan fingerprint density at radius 2 is 2.13 bits per heavy atom. The number of ether oxygens (including phenoxy) is 1. The molecule has 0 aromatic carbocycles. The van der Waals surface area contributed by atoms with Gasteiger partial charge >= 0.3 is 0 Å². The topological polar surface area (TPSA) is 84.0 Å². The number of aromatic amines is 1. The maximum Gasteiger partial charge on any atom is 0.252 e. The number of pyridine rings is 1. The molecule has 0 spiro atoms. The number of rotatable bonds is 3. The van der Waals surface area contributed by atoms with E-state index >= 15 is 0 Å². The van der Waals surface area contributed by atoms with Gasteiger partial charge in [0.15, 0.2) is 5.82 Å². The molecule has 2 aromatic heterocycles. The summed E-state index contributed by atoms with van der Waals surface area (Å²) in [6.07, 6.45) is 6.82. The minimum atomic E-state index is -0.279. The van der Waals surface area contributed by atoms with E-state index in [2.05, 4.69) is 20.2 Å². The first kappa shape index (κ1) is 14.3. The molecule has 1 N–H and O–H groups in total. The molecule has 2 fully saturated rings. The van der Waals surface area contributed by atoms with Gasteiger partial charge in [-0.15, -0.1) is 0 Å². The summed E-state index contributed by atoms with van der Waals surface area (Å²) in [5.41, 5.74) is 0.914. The summed E-state index contributed by atoms with van der Waals surface area (Å²) in [5, 5.41) is 7.29. The summed E-state index contributed by atoms with van der Waals surface area (Å²) in [6.45, 7) is 1.44. The van der Waals surface area contributed by atoms with Crippen LogP contribution in [-0.4, -0.2) is 50.2 Å². The third kappa shape index (κ3) is 2.72. The molecule has 120 valence electrons. The van der Waals surface area contributed by atoms with Crippen LogP contribution < -0.4 is 0 Å². The van der Waals surface area contributed by atoms with Gasteiger partial charge in [-0.05, 0) is 37.8 Å². The average Bonchev–Trinajstić information content (AvgIpc) is 3.35. The summed E-state index contributed by atoms with van der Waals surface area (Å²) in [4.78, 5) is 23.1. The normalized spacial score (nSPS) is 24.3. The molecule has 2 aromatic rings. The first-order valence-electron chi connectivity index (χ1n) is 8.08. The summed E-state index contributed by atoms with van der Waals surface area (Å²) >= 11 is 0. The van der Waals surface area contributed by atoms with Gasteiger partial charge in [0, 0.05) is 31.1 Å². The Balaban J connectivity index is 1.55. The number of amides is 1. The number of nitrogens with zero attached hydrogens (tertiary/aromatic N) is 4. The van der Waals surface area contributed by atoms with Crippen molar-refractivity contribution in [3.05, 3.63) is 30.4 Å². The van der Waals surface area contributed by atoms with E-state index in [4.69, 9.17) is 4.74 Å². The number of aromatic nitrogens is 4. The van der Waals surface area contributed by atoms with Crippen LogP contribution in [-0.2, 0) is 9.53 Å². The highest BCUT2D eigenvalue weighted by Crippen LogP contribution is 2.32. The highest BCUT2D eigenvalue weighted by molar-refractivity contribution is 5.81. The number of carbonyl (C=O) groups excluding carboxylic acids is 1. The van der Waals surface area contributed by atoms with Crippen LogP contribution in [0, 0.1) is 0 Å². The van der Waals surface area contributed by atoms with Crippen molar-refractivity contribution in [3.8, 4) is 11.4 Å². The van der Waals surface area contributed by atoms with Crippen LogP contribution in [0.1, 0.15) is 37.5 Å². The van der Waals surface area contributed by atoms with Gasteiger partial charge in [-0.1, -0.05) is 0 Å². The number of carbonyl (C=O) groups is 1. The number of nitrogens with one attached hydrogen (secondary N) is 1. The third-order valence-electron chi connectivity index (χ3n) is 4.50. The van der Waals surface area contributed by atoms with E-state index in [1.807, 2.05) is 17.0 Å². The summed E-state index contributed by atoms with van der Waals surface area (Å²) in [6, 6.07) is 3.71. The Morgan fingerprint density at radius 1 is 1.26 bits per heavy atom. The number of likely N-dealkylation sites (tertiary alicyclic amines) is 1. The average molecular weight is 313 g/mol. The molecule has 23 heavy (non-hydrogen) atoms. The molecule has 4 rings (SSSR count). The molecule has 0 saturated carbocycles. The summed E-state index contributed by atoms with van der Waals surface area (Å²) in [7, 11) is 0. The zero-order valence-corrected chi connectivity index (χ0v) is 12.8. The molecule has 7 nitrogen and oxygen atoms in total. The first-order chi connectivity index (χ1) is 11.3. The molecule has 4 heterocycles. The SMILES string of the molecule is O=C([C@H]1CCCO1)N1CCC[C@H]1c1nc(-c2ccncc2)n[nH]1. The van der Waals surface area contributed by atoms with Gasteiger partial charge in [0.05, 0.1) is 6.04 Å². The molecule has 0 unspecified atom stereocenters. The van der Waals surface area contributed by atoms with E-state index in [1.165, 1.54) is 0 Å². The monoisotopic (exact) mass is 313 g/mol. The predicted molar refractivity (Wildman–Crippen MR) is 82.3 cm³/mol. The Labute approximate surface area is 134 Å². The van der Waals surface area contributed by atoms with Gasteiger partial charge in [0.1, 0.15) is 11.9 Å². The molecule has 2 aliphatic heterocycles. The Morgan fingerprint density at radius 3 is 2.91 bits per heavy atom. The molecule has 0 aliphatic carbocycles. The van der Waals surface area contributed by atoms with Crippen molar-refractivity contribution in [3.63, 3.8) is 0 Å². The van der Waals surface area contributed by atoms with Crippen LogP contribution in [0.3, 0.4) is 0 Å². The summed E-state index contributed by atoms with van der Waals surface area (Å²) < 4.78 is 5.54. The Kier molecular flexibility index (Phi) is 3.78. The van der Waals surface area contributed by atoms with Crippen LogP contribution in [0.15, 0.2) is 24.5 Å². The van der Waals surface area contributed by atoms with Crippen molar-refractivity contribution in [2.45, 2.75) is 37.8 Å². The smallest absolute Gasteiger partial charge is 0.252 e. The van der Waals surface area contributed by atoms with Crippen molar-refractivity contribution >= 4 is 5.91 Å². The van der Waals surface area contributed by atoms with Crippen molar-refractivity contribution in [2.75, 3.05) is 13.2 Å². The summed E-state index contributed by atoms with van der Waals surface area (Å²) in [5.74, 6) is 1.48. The van der Waals surface area contributed by atoms with Gasteiger partial charge in [-0.2, -0.15) is 5.10 Å². The van der Waals surface area contributed by atoms with Gasteiger partial charge in [0.25, 0.3) is 5.91 Å². The Bertz CT molecular complexity index is 681. The van der Waals surface area contributed by atoms with Crippen molar-refractivity contribution in [1.82, 2.24) is 25.1 Å². The number of hydrogen-bond donors (Lipinski definition) is 1. The minimum Gasteiger partial charge on any atom is -0.368 e. The van der Waals surface area contributed by atoms with E-state index in [0.29, 0.717) is 12.4 Å². The lowest BCUT2D eigenvalue weighted by Crippen LogP contribution is -2.38. The highest BCUT2D eigenvalue weighted by Gasteiger charge is 2.37. The molecule has 0 bridgehead atoms. The van der Waals surface area contributed by atoms with Crippen LogP contribution in [0.25, 0.3) is 11.4 Å². The maximum atomic E-state index is 12.6. The zero-order chi connectivity index (χ0) is 15.6. The van der Waals surface area contributed by atoms with E-state index in [1.54, 1.807) is 12.4 Å². The van der Waals surface area contributed by atoms with E-state index in [9.17, 15) is 4.79 Å². The Hall–Kier alpha value is -2.28. The first-order valence-corrected chi connectivity index (χ1v) is 8.08. The molecule has 1 amide bonds. The van der Waals surface area contributed by atoms with E-state index < -0.39 is 0 Å². The third-order valence-corrected chi connectivity index (χ3v) is 4.50. The van der Waals surface area contributed by atoms with E-state index in [-0.39, 0.29) is 18.1 Å². The second-order valence-electron chi connectivity index (χ2n) is 5.97. The standard InChI is InChI=1S/C16H19N5O2/c22-16(13-4-2-10-23-13)21-9-1-3-12(21)15-18-14(19-20-15)11-5-7-17-8-6-11/h5-8,12-13H,1-4,9-10H2,(H,18,19,20)/t12-,13+/m0/s1. The molecule has 0 radical (unpaired) electrons. The molecule has 2 aliphatic rings. The lowest BCUT2D eigenvalue weighted by Gasteiger charge is -2.25. The molecule has 2 atom stereocenters. The zero-order valence-electron chi connectivity index (χ0n) is 12.8. The van der Waals surface area contributed by atoms with Crippen LogP contribution in [0.2, 0.25) is 0 Å². The highest BCUT2D eigenvalue weighted by atomic mass is 16.5. The van der Waals surface area contributed by atoms with Crippen molar-refractivity contribution in [1.29, 1.82) is 0 Å². The van der Waals surface area contributed by atoms with Crippen LogP contribution >= 0.6 is 0 Å². The van der Waals surface area contributed by atoms with Crippen LogP contribution in [0.5, 0.6) is 0 Å². The minimum absolute atomic E-state index is 0.0326. The van der Waals surface area contributed by atoms with Gasteiger partial charge < -0.3 is 9.64 Å². The second kappa shape index (κ2) is 6.08. The van der Waals surface area contributed by atoms with Crippen molar-refractivity contribution < 1.29 is 9.53 Å². The van der Waals surface area contributed by atoms with Gasteiger partial charge in [-0.3, -0.25) is 14.9 Å². The fraction of sp³-hybridized carbons (Fsp3) is 0.500. The van der Waals surface area contributed by atoms with Crippen LogP contribution in [0.4, 0.5) is 0 Å².